The fourth-order valence-electron chi connectivity index (χ4n) is 3.78. The Morgan fingerprint density at radius 3 is 2.59 bits per heavy atom. The van der Waals surface area contributed by atoms with E-state index in [9.17, 15) is 14.0 Å². The van der Waals surface area contributed by atoms with E-state index in [1.54, 1.807) is 18.2 Å². The lowest BCUT2D eigenvalue weighted by Crippen LogP contribution is -2.38. The van der Waals surface area contributed by atoms with Gasteiger partial charge in [0.1, 0.15) is 5.82 Å². The predicted molar refractivity (Wildman–Crippen MR) is 111 cm³/mol. The number of hydrogen-bond donors (Lipinski definition) is 2. The number of para-hydroxylation sites is 1. The number of fused-ring (bicyclic) bond motifs is 1. The summed E-state index contributed by atoms with van der Waals surface area (Å²) < 4.78 is 14.0. The number of carbonyl (C=O) groups is 2. The van der Waals surface area contributed by atoms with Gasteiger partial charge in [0.05, 0.1) is 17.6 Å². The predicted octanol–water partition coefficient (Wildman–Crippen LogP) is 3.15. The summed E-state index contributed by atoms with van der Waals surface area (Å²) in [4.78, 5) is 26.5. The molecule has 0 bridgehead atoms. The lowest BCUT2D eigenvalue weighted by molar-refractivity contribution is -0.126. The molecule has 29 heavy (non-hydrogen) atoms. The van der Waals surface area contributed by atoms with Gasteiger partial charge in [-0.3, -0.25) is 9.59 Å². The zero-order chi connectivity index (χ0) is 20.4. The highest BCUT2D eigenvalue weighted by Gasteiger charge is 2.36. The third-order valence-electron chi connectivity index (χ3n) is 5.37. The second kappa shape index (κ2) is 8.01. The first-order chi connectivity index (χ1) is 14.1. The van der Waals surface area contributed by atoms with Crippen LogP contribution in [0.25, 0.3) is 10.8 Å². The van der Waals surface area contributed by atoms with Gasteiger partial charge in [-0.2, -0.15) is 0 Å². The van der Waals surface area contributed by atoms with Crippen molar-refractivity contribution in [1.29, 1.82) is 0 Å². The normalized spacial score (nSPS) is 17.5. The Morgan fingerprint density at radius 1 is 1.10 bits per heavy atom. The summed E-state index contributed by atoms with van der Waals surface area (Å²) in [5.41, 5.74) is 7.04. The number of anilines is 1. The number of carbonyl (C=O) groups excluding carboxylic acids is 2. The first-order valence-corrected chi connectivity index (χ1v) is 9.61. The molecule has 1 aliphatic rings. The van der Waals surface area contributed by atoms with Crippen LogP contribution in [0.1, 0.15) is 18.0 Å². The zero-order valence-corrected chi connectivity index (χ0v) is 15.8. The SMILES string of the molecule is NCC(NC(=O)C1CC(=O)N(c2ccccc2F)C1)c1ccc2ccccc2c1. The van der Waals surface area contributed by atoms with Gasteiger partial charge in [0.2, 0.25) is 11.8 Å². The number of nitrogens with one attached hydrogen (secondary N) is 1. The van der Waals surface area contributed by atoms with Crippen LogP contribution in [0.2, 0.25) is 0 Å². The molecule has 2 atom stereocenters. The molecule has 1 heterocycles. The summed E-state index contributed by atoms with van der Waals surface area (Å²) in [6.07, 6.45) is 0.0508. The molecule has 1 fully saturated rings. The van der Waals surface area contributed by atoms with Gasteiger partial charge in [-0.05, 0) is 34.5 Å². The van der Waals surface area contributed by atoms with Crippen molar-refractivity contribution in [3.8, 4) is 0 Å². The summed E-state index contributed by atoms with van der Waals surface area (Å²) >= 11 is 0. The molecule has 0 aromatic heterocycles. The molecule has 4 rings (SSSR count). The monoisotopic (exact) mass is 391 g/mol. The van der Waals surface area contributed by atoms with Crippen molar-refractivity contribution in [2.45, 2.75) is 12.5 Å². The molecule has 0 spiro atoms. The van der Waals surface area contributed by atoms with Crippen molar-refractivity contribution in [1.82, 2.24) is 5.32 Å². The van der Waals surface area contributed by atoms with Gasteiger partial charge in [-0.15, -0.1) is 0 Å². The average Bonchev–Trinajstić information content (AvgIpc) is 3.13. The van der Waals surface area contributed by atoms with Crippen LogP contribution in [0, 0.1) is 11.7 Å². The number of rotatable bonds is 5. The summed E-state index contributed by atoms with van der Waals surface area (Å²) in [5, 5.41) is 5.14. The quantitative estimate of drug-likeness (QED) is 0.702. The van der Waals surface area contributed by atoms with Crippen molar-refractivity contribution < 1.29 is 14.0 Å². The highest BCUT2D eigenvalue weighted by molar-refractivity contribution is 6.00. The lowest BCUT2D eigenvalue weighted by Gasteiger charge is -2.21. The van der Waals surface area contributed by atoms with Gasteiger partial charge in [0.15, 0.2) is 0 Å². The van der Waals surface area contributed by atoms with Crippen molar-refractivity contribution in [3.05, 3.63) is 78.1 Å². The van der Waals surface area contributed by atoms with Crippen LogP contribution in [0.5, 0.6) is 0 Å². The standard InChI is InChI=1S/C23H22FN3O2/c24-19-7-3-4-8-21(19)27-14-18(12-22(27)28)23(29)26-20(13-25)17-10-9-15-5-1-2-6-16(15)11-17/h1-11,18,20H,12-14,25H2,(H,26,29). The number of halogens is 1. The minimum absolute atomic E-state index is 0.0508. The van der Waals surface area contributed by atoms with Crippen molar-refractivity contribution in [2.24, 2.45) is 11.7 Å². The summed E-state index contributed by atoms with van der Waals surface area (Å²) in [7, 11) is 0. The van der Waals surface area contributed by atoms with Crippen molar-refractivity contribution in [3.63, 3.8) is 0 Å². The van der Waals surface area contributed by atoms with Gasteiger partial charge in [0, 0.05) is 19.5 Å². The first kappa shape index (κ1) is 19.1. The Bertz CT molecular complexity index is 1070. The second-order valence-corrected chi connectivity index (χ2v) is 7.26. The van der Waals surface area contributed by atoms with Gasteiger partial charge in [-0.25, -0.2) is 4.39 Å². The van der Waals surface area contributed by atoms with E-state index in [1.807, 2.05) is 42.5 Å². The smallest absolute Gasteiger partial charge is 0.227 e. The van der Waals surface area contributed by atoms with Crippen molar-refractivity contribution in [2.75, 3.05) is 18.0 Å². The largest absolute Gasteiger partial charge is 0.348 e. The number of hydrogen-bond acceptors (Lipinski definition) is 3. The van der Waals surface area contributed by atoms with E-state index in [4.69, 9.17) is 5.73 Å². The van der Waals surface area contributed by atoms with Crippen LogP contribution in [0.4, 0.5) is 10.1 Å². The van der Waals surface area contributed by atoms with E-state index in [-0.39, 0.29) is 43.1 Å². The molecule has 0 aliphatic carbocycles. The van der Waals surface area contributed by atoms with Gasteiger partial charge in [0.25, 0.3) is 0 Å². The van der Waals surface area contributed by atoms with Gasteiger partial charge in [-0.1, -0.05) is 48.5 Å². The maximum absolute atomic E-state index is 14.0. The van der Waals surface area contributed by atoms with Crippen molar-refractivity contribution >= 4 is 28.3 Å². The van der Waals surface area contributed by atoms with Gasteiger partial charge >= 0.3 is 0 Å². The molecular formula is C23H22FN3O2. The number of nitrogens with two attached hydrogens (primary N) is 1. The molecule has 148 valence electrons. The van der Waals surface area contributed by atoms with Crippen LogP contribution in [-0.2, 0) is 9.59 Å². The second-order valence-electron chi connectivity index (χ2n) is 7.26. The minimum atomic E-state index is -0.545. The first-order valence-electron chi connectivity index (χ1n) is 9.61. The molecule has 3 aromatic carbocycles. The van der Waals surface area contributed by atoms with Crippen LogP contribution in [-0.4, -0.2) is 24.9 Å². The Labute approximate surface area is 168 Å². The van der Waals surface area contributed by atoms with Crippen LogP contribution in [0.3, 0.4) is 0 Å². The Morgan fingerprint density at radius 2 is 1.83 bits per heavy atom. The average molecular weight is 391 g/mol. The molecule has 3 N–H and O–H groups in total. The molecule has 1 saturated heterocycles. The molecule has 3 aromatic rings. The third kappa shape index (κ3) is 3.84. The minimum Gasteiger partial charge on any atom is -0.348 e. The molecular weight excluding hydrogens is 369 g/mol. The number of nitrogens with zero attached hydrogens (tertiary/aromatic N) is 1. The molecule has 1 aliphatic heterocycles. The molecule has 0 radical (unpaired) electrons. The van der Waals surface area contributed by atoms with E-state index >= 15 is 0 Å². The van der Waals surface area contributed by atoms with Gasteiger partial charge < -0.3 is 16.0 Å². The maximum Gasteiger partial charge on any atom is 0.227 e. The molecule has 6 heteroatoms. The van der Waals surface area contributed by atoms with Crippen LogP contribution in [0.15, 0.2) is 66.7 Å². The Hall–Kier alpha value is -3.25. The topological polar surface area (TPSA) is 75.4 Å². The van der Waals surface area contributed by atoms with Crippen LogP contribution >= 0.6 is 0 Å². The Balaban J connectivity index is 1.49. The van der Waals surface area contributed by atoms with E-state index < -0.39 is 11.7 Å². The third-order valence-corrected chi connectivity index (χ3v) is 5.37. The van der Waals surface area contributed by atoms with E-state index in [0.717, 1.165) is 16.3 Å². The van der Waals surface area contributed by atoms with E-state index in [2.05, 4.69) is 5.32 Å². The molecule has 0 saturated carbocycles. The highest BCUT2D eigenvalue weighted by atomic mass is 19.1. The summed E-state index contributed by atoms with van der Waals surface area (Å²) in [6, 6.07) is 19.7. The number of amides is 2. The summed E-state index contributed by atoms with van der Waals surface area (Å²) in [6.45, 7) is 0.391. The fraction of sp³-hybridized carbons (Fsp3) is 0.217. The lowest BCUT2D eigenvalue weighted by atomic mass is 10.0. The van der Waals surface area contributed by atoms with E-state index in [0.29, 0.717) is 0 Å². The summed E-state index contributed by atoms with van der Waals surface area (Å²) in [5.74, 6) is -1.53. The molecule has 2 amide bonds. The highest BCUT2D eigenvalue weighted by Crippen LogP contribution is 2.28. The molecule has 5 nitrogen and oxygen atoms in total. The zero-order valence-electron chi connectivity index (χ0n) is 15.8. The number of benzene rings is 3. The maximum atomic E-state index is 14.0. The molecule has 2 unspecified atom stereocenters. The fourth-order valence-corrected chi connectivity index (χ4v) is 3.78. The van der Waals surface area contributed by atoms with E-state index in [1.165, 1.54) is 11.0 Å². The van der Waals surface area contributed by atoms with Crippen LogP contribution < -0.4 is 16.0 Å². The Kier molecular flexibility index (Phi) is 5.27.